The highest BCUT2D eigenvalue weighted by Gasteiger charge is 2.31. The van der Waals surface area contributed by atoms with Crippen molar-refractivity contribution in [2.45, 2.75) is 38.5 Å². The molecule has 1 N–H and O–H groups in total. The van der Waals surface area contributed by atoms with Gasteiger partial charge in [-0.2, -0.15) is 4.98 Å². The first-order chi connectivity index (χ1) is 15.6. The van der Waals surface area contributed by atoms with Crippen molar-refractivity contribution < 1.29 is 23.2 Å². The maximum Gasteiger partial charge on any atom is 0.318 e. The zero-order valence-corrected chi connectivity index (χ0v) is 17.8. The fourth-order valence-electron chi connectivity index (χ4n) is 3.60. The van der Waals surface area contributed by atoms with Crippen molar-refractivity contribution in [1.82, 2.24) is 20.4 Å². The molecule has 0 aliphatic carbocycles. The normalized spacial score (nSPS) is 15.9. The summed E-state index contributed by atoms with van der Waals surface area (Å²) in [5, 5.41) is 7.04. The molecule has 1 atom stereocenters. The van der Waals surface area contributed by atoms with Gasteiger partial charge in [-0.05, 0) is 61.2 Å². The lowest BCUT2D eigenvalue weighted by atomic mass is 10.0. The number of amides is 2. The van der Waals surface area contributed by atoms with Gasteiger partial charge in [0.15, 0.2) is 12.4 Å². The molecule has 9 heteroatoms. The highest BCUT2D eigenvalue weighted by atomic mass is 19.1. The number of nitrogens with zero attached hydrogens (tertiary/aromatic N) is 3. The Labute approximate surface area is 185 Å². The van der Waals surface area contributed by atoms with Crippen LogP contribution in [0.15, 0.2) is 53.1 Å². The number of likely N-dealkylation sites (tertiary alicyclic amines) is 1. The number of carbonyl (C=O) groups is 1. The Bertz CT molecular complexity index is 1020. The number of hydrogen-bond donors (Lipinski definition) is 1. The van der Waals surface area contributed by atoms with E-state index in [4.69, 9.17) is 14.0 Å². The maximum atomic E-state index is 13.0. The highest BCUT2D eigenvalue weighted by molar-refractivity contribution is 5.74. The molecular weight excluding hydrogens is 415 g/mol. The third-order valence-corrected chi connectivity index (χ3v) is 5.32. The van der Waals surface area contributed by atoms with Gasteiger partial charge in [0.25, 0.3) is 5.89 Å². The summed E-state index contributed by atoms with van der Waals surface area (Å²) in [7, 11) is 1.62. The quantitative estimate of drug-likeness (QED) is 0.591. The summed E-state index contributed by atoms with van der Waals surface area (Å²) >= 11 is 0. The summed E-state index contributed by atoms with van der Waals surface area (Å²) in [5.41, 5.74) is 0.979. The summed E-state index contributed by atoms with van der Waals surface area (Å²) < 4.78 is 29.0. The van der Waals surface area contributed by atoms with Gasteiger partial charge in [0.2, 0.25) is 0 Å². The number of nitrogens with one attached hydrogen (secondary N) is 1. The number of hydrogen-bond acceptors (Lipinski definition) is 6. The lowest BCUT2D eigenvalue weighted by molar-refractivity contribution is 0.145. The summed E-state index contributed by atoms with van der Waals surface area (Å²) in [4.78, 5) is 19.0. The van der Waals surface area contributed by atoms with Crippen LogP contribution in [0.1, 0.15) is 42.6 Å². The number of urea groups is 1. The average molecular weight is 440 g/mol. The van der Waals surface area contributed by atoms with E-state index in [2.05, 4.69) is 15.5 Å². The largest absolute Gasteiger partial charge is 0.497 e. The fourth-order valence-corrected chi connectivity index (χ4v) is 3.60. The molecule has 2 amide bonds. The molecular formula is C23H25FN4O4. The van der Waals surface area contributed by atoms with E-state index in [1.165, 1.54) is 24.3 Å². The zero-order chi connectivity index (χ0) is 22.3. The minimum Gasteiger partial charge on any atom is -0.497 e. The van der Waals surface area contributed by atoms with Gasteiger partial charge in [0.1, 0.15) is 17.3 Å². The lowest BCUT2D eigenvalue weighted by Gasteiger charge is -2.33. The highest BCUT2D eigenvalue weighted by Crippen LogP contribution is 2.29. The molecule has 0 bridgehead atoms. The summed E-state index contributed by atoms with van der Waals surface area (Å²) in [6, 6.07) is 12.8. The minimum atomic E-state index is -0.333. The van der Waals surface area contributed by atoms with Crippen molar-refractivity contribution in [2.75, 3.05) is 13.7 Å². The molecule has 2 heterocycles. The van der Waals surface area contributed by atoms with Crippen LogP contribution in [-0.2, 0) is 13.2 Å². The van der Waals surface area contributed by atoms with Crippen molar-refractivity contribution in [1.29, 1.82) is 0 Å². The second-order valence-corrected chi connectivity index (χ2v) is 7.50. The van der Waals surface area contributed by atoms with Crippen LogP contribution in [0.3, 0.4) is 0 Å². The van der Waals surface area contributed by atoms with E-state index in [1.54, 1.807) is 12.0 Å². The van der Waals surface area contributed by atoms with Crippen LogP contribution in [0, 0.1) is 5.82 Å². The Hall–Kier alpha value is -3.62. The van der Waals surface area contributed by atoms with Crippen LogP contribution in [0.5, 0.6) is 11.5 Å². The van der Waals surface area contributed by atoms with Crippen LogP contribution in [0.4, 0.5) is 9.18 Å². The first-order valence-electron chi connectivity index (χ1n) is 10.5. The fraction of sp³-hybridized carbons (Fsp3) is 0.348. The number of rotatable bonds is 7. The van der Waals surface area contributed by atoms with Crippen molar-refractivity contribution >= 4 is 6.03 Å². The Morgan fingerprint density at radius 1 is 1.16 bits per heavy atom. The van der Waals surface area contributed by atoms with E-state index in [9.17, 15) is 9.18 Å². The molecule has 1 aromatic heterocycles. The first-order valence-corrected chi connectivity index (χ1v) is 10.5. The molecule has 1 fully saturated rings. The zero-order valence-electron chi connectivity index (χ0n) is 17.8. The van der Waals surface area contributed by atoms with Crippen molar-refractivity contribution in [3.05, 3.63) is 71.6 Å². The molecule has 32 heavy (non-hydrogen) atoms. The molecule has 0 saturated carbocycles. The van der Waals surface area contributed by atoms with Gasteiger partial charge in [-0.3, -0.25) is 0 Å². The summed E-state index contributed by atoms with van der Waals surface area (Å²) in [6.45, 7) is 1.10. The number of methoxy groups -OCH3 is 1. The number of aromatic nitrogens is 2. The van der Waals surface area contributed by atoms with Crippen molar-refractivity contribution in [2.24, 2.45) is 0 Å². The molecule has 1 aliphatic heterocycles. The van der Waals surface area contributed by atoms with Crippen molar-refractivity contribution in [3.8, 4) is 11.5 Å². The lowest BCUT2D eigenvalue weighted by Crippen LogP contribution is -2.44. The van der Waals surface area contributed by atoms with E-state index >= 15 is 0 Å². The minimum absolute atomic E-state index is 0.0645. The molecule has 168 valence electrons. The second-order valence-electron chi connectivity index (χ2n) is 7.50. The molecule has 0 radical (unpaired) electrons. The predicted octanol–water partition coefficient (Wildman–Crippen LogP) is 4.23. The van der Waals surface area contributed by atoms with Gasteiger partial charge in [-0.1, -0.05) is 17.3 Å². The number of carbonyl (C=O) groups excluding carboxylic acids is 1. The van der Waals surface area contributed by atoms with Gasteiger partial charge < -0.3 is 24.2 Å². The van der Waals surface area contributed by atoms with Gasteiger partial charge in [0, 0.05) is 13.1 Å². The van der Waals surface area contributed by atoms with Crippen LogP contribution >= 0.6 is 0 Å². The Morgan fingerprint density at radius 3 is 2.66 bits per heavy atom. The van der Waals surface area contributed by atoms with E-state index in [-0.39, 0.29) is 24.5 Å². The third kappa shape index (κ3) is 5.35. The first kappa shape index (κ1) is 21.6. The van der Waals surface area contributed by atoms with Crippen LogP contribution in [0.25, 0.3) is 0 Å². The predicted molar refractivity (Wildman–Crippen MR) is 114 cm³/mol. The molecule has 1 unspecified atom stereocenters. The molecule has 2 aromatic carbocycles. The number of ether oxygens (including phenoxy) is 2. The maximum absolute atomic E-state index is 13.0. The topological polar surface area (TPSA) is 89.7 Å². The monoisotopic (exact) mass is 440 g/mol. The molecule has 8 nitrogen and oxygen atoms in total. The van der Waals surface area contributed by atoms with Crippen LogP contribution in [-0.4, -0.2) is 34.7 Å². The number of benzene rings is 2. The Morgan fingerprint density at radius 2 is 1.91 bits per heavy atom. The van der Waals surface area contributed by atoms with Crippen LogP contribution in [0.2, 0.25) is 0 Å². The Balaban J connectivity index is 1.36. The smallest absolute Gasteiger partial charge is 0.318 e. The molecule has 1 saturated heterocycles. The van der Waals surface area contributed by atoms with E-state index in [1.807, 2.05) is 24.3 Å². The van der Waals surface area contributed by atoms with E-state index in [0.29, 0.717) is 30.6 Å². The van der Waals surface area contributed by atoms with Gasteiger partial charge in [-0.15, -0.1) is 0 Å². The molecule has 3 aromatic rings. The number of piperidine rings is 1. The van der Waals surface area contributed by atoms with E-state index < -0.39 is 0 Å². The standard InChI is InChI=1S/C23H25FN4O4/c1-30-18-9-5-16(6-10-18)14-25-23(29)28-13-3-2-4-20(28)22-26-21(32-27-22)15-31-19-11-7-17(24)8-12-19/h5-12,20H,2-4,13-15H2,1H3,(H,25,29). The summed E-state index contributed by atoms with van der Waals surface area (Å²) in [6.07, 6.45) is 2.65. The molecule has 1 aliphatic rings. The molecule has 4 rings (SSSR count). The third-order valence-electron chi connectivity index (χ3n) is 5.32. The SMILES string of the molecule is COc1ccc(CNC(=O)N2CCCCC2c2noc(COc3ccc(F)cc3)n2)cc1. The second kappa shape index (κ2) is 10.1. The van der Waals surface area contributed by atoms with Gasteiger partial charge in [-0.25, -0.2) is 9.18 Å². The summed E-state index contributed by atoms with van der Waals surface area (Å²) in [5.74, 6) is 1.70. The van der Waals surface area contributed by atoms with E-state index in [0.717, 1.165) is 30.6 Å². The molecule has 0 spiro atoms. The Kier molecular flexibility index (Phi) is 6.84. The van der Waals surface area contributed by atoms with Crippen molar-refractivity contribution in [3.63, 3.8) is 0 Å². The van der Waals surface area contributed by atoms with Gasteiger partial charge >= 0.3 is 6.03 Å². The van der Waals surface area contributed by atoms with Crippen LogP contribution < -0.4 is 14.8 Å². The number of halogens is 1. The average Bonchev–Trinajstić information content (AvgIpc) is 3.31. The van der Waals surface area contributed by atoms with Gasteiger partial charge in [0.05, 0.1) is 13.2 Å².